The Morgan fingerprint density at radius 2 is 1.85 bits per heavy atom. The van der Waals surface area contributed by atoms with E-state index in [0.717, 1.165) is 40.7 Å². The molecule has 2 aliphatic rings. The van der Waals surface area contributed by atoms with Gasteiger partial charge in [0, 0.05) is 36.3 Å². The van der Waals surface area contributed by atoms with Crippen molar-refractivity contribution in [2.45, 2.75) is 13.3 Å². The summed E-state index contributed by atoms with van der Waals surface area (Å²) in [5.41, 5.74) is 3.51. The lowest BCUT2D eigenvalue weighted by atomic mass is 10.0. The lowest BCUT2D eigenvalue weighted by Gasteiger charge is -2.28. The quantitative estimate of drug-likeness (QED) is 0.520. The van der Waals surface area contributed by atoms with Crippen LogP contribution in [0.25, 0.3) is 16.3 Å². The van der Waals surface area contributed by atoms with Gasteiger partial charge >= 0.3 is 0 Å². The molecular weight excluding hydrogens is 424 g/mol. The molecule has 3 heterocycles. The van der Waals surface area contributed by atoms with Crippen molar-refractivity contribution in [1.29, 1.82) is 0 Å². The number of fused-ring (bicyclic) bond motifs is 2. The lowest BCUT2D eigenvalue weighted by molar-refractivity contribution is 0.0990. The Hall–Kier alpha value is -3.77. The van der Waals surface area contributed by atoms with Gasteiger partial charge in [-0.25, -0.2) is 4.98 Å². The standard InChI is InChI=1S/C28H28N4O2/c1-3-8-21(9-4-2)25-24-14-15-32(26(24)30-28(29-25)31-16-18-34-19-17-31)27(33)23-13-7-11-20-10-5-6-12-22(20)23/h3-13H,1,14-19H2,2H3. The number of nitrogens with zero attached hydrogens (tertiary/aromatic N) is 4. The second-order valence-corrected chi connectivity index (χ2v) is 8.37. The molecular formula is C28H28N4O2. The summed E-state index contributed by atoms with van der Waals surface area (Å²) in [4.78, 5) is 27.7. The van der Waals surface area contributed by atoms with Crippen molar-refractivity contribution in [2.24, 2.45) is 0 Å². The number of hydrogen-bond acceptors (Lipinski definition) is 5. The zero-order valence-corrected chi connectivity index (χ0v) is 19.4. The average Bonchev–Trinajstić information content (AvgIpc) is 3.32. The molecule has 0 aliphatic carbocycles. The number of allylic oxidation sites excluding steroid dienone is 5. The zero-order valence-electron chi connectivity index (χ0n) is 19.4. The van der Waals surface area contributed by atoms with E-state index in [1.807, 2.05) is 72.5 Å². The van der Waals surface area contributed by atoms with E-state index in [1.54, 1.807) is 6.08 Å². The normalized spacial score (nSPS) is 16.3. The fraction of sp³-hybridized carbons (Fsp3) is 0.250. The highest BCUT2D eigenvalue weighted by atomic mass is 16.5. The van der Waals surface area contributed by atoms with Gasteiger partial charge in [-0.15, -0.1) is 0 Å². The molecule has 1 aromatic heterocycles. The predicted octanol–water partition coefficient (Wildman–Crippen LogP) is 4.81. The maximum Gasteiger partial charge on any atom is 0.260 e. The summed E-state index contributed by atoms with van der Waals surface area (Å²) in [6, 6.07) is 13.9. The minimum absolute atomic E-state index is 0.0339. The molecule has 5 rings (SSSR count). The Labute approximate surface area is 199 Å². The maximum atomic E-state index is 13.8. The SMILES string of the molecule is C=CC=C(C=CC)c1nc(N2CCOCC2)nc2c1CCN2C(=O)c1cccc2ccccc12. The van der Waals surface area contributed by atoms with Crippen molar-refractivity contribution in [1.82, 2.24) is 9.97 Å². The molecule has 172 valence electrons. The van der Waals surface area contributed by atoms with Crippen LogP contribution in [0.1, 0.15) is 28.5 Å². The summed E-state index contributed by atoms with van der Waals surface area (Å²) in [6.45, 7) is 9.16. The van der Waals surface area contributed by atoms with Gasteiger partial charge in [-0.2, -0.15) is 4.98 Å². The van der Waals surface area contributed by atoms with Crippen LogP contribution in [0.4, 0.5) is 11.8 Å². The van der Waals surface area contributed by atoms with Crippen LogP contribution < -0.4 is 9.80 Å². The summed E-state index contributed by atoms with van der Waals surface area (Å²) in [7, 11) is 0. The van der Waals surface area contributed by atoms with Crippen LogP contribution in [-0.2, 0) is 11.2 Å². The fourth-order valence-electron chi connectivity index (χ4n) is 4.66. The van der Waals surface area contributed by atoms with Crippen LogP contribution in [0.15, 0.2) is 73.3 Å². The smallest absolute Gasteiger partial charge is 0.260 e. The molecule has 6 nitrogen and oxygen atoms in total. The second kappa shape index (κ2) is 9.61. The van der Waals surface area contributed by atoms with Gasteiger partial charge in [-0.05, 0) is 30.2 Å². The molecule has 1 amide bonds. The summed E-state index contributed by atoms with van der Waals surface area (Å²) < 4.78 is 5.53. The van der Waals surface area contributed by atoms with E-state index in [-0.39, 0.29) is 5.91 Å². The molecule has 2 aliphatic heterocycles. The van der Waals surface area contributed by atoms with Crippen LogP contribution in [0.5, 0.6) is 0 Å². The van der Waals surface area contributed by atoms with Gasteiger partial charge in [-0.1, -0.05) is 67.3 Å². The minimum Gasteiger partial charge on any atom is -0.378 e. The first-order valence-corrected chi connectivity index (χ1v) is 11.7. The van der Waals surface area contributed by atoms with Crippen molar-refractivity contribution >= 4 is 34.0 Å². The van der Waals surface area contributed by atoms with Crippen molar-refractivity contribution in [2.75, 3.05) is 42.6 Å². The topological polar surface area (TPSA) is 58.6 Å². The lowest BCUT2D eigenvalue weighted by Crippen LogP contribution is -2.38. The van der Waals surface area contributed by atoms with E-state index in [9.17, 15) is 4.79 Å². The van der Waals surface area contributed by atoms with Gasteiger partial charge < -0.3 is 9.64 Å². The zero-order chi connectivity index (χ0) is 23.5. The Balaban J connectivity index is 1.64. The van der Waals surface area contributed by atoms with E-state index >= 15 is 0 Å². The van der Waals surface area contributed by atoms with Gasteiger partial charge in [0.05, 0.1) is 18.9 Å². The summed E-state index contributed by atoms with van der Waals surface area (Å²) >= 11 is 0. The molecule has 3 aromatic rings. The Morgan fingerprint density at radius 3 is 2.65 bits per heavy atom. The number of aromatic nitrogens is 2. The molecule has 0 saturated carbocycles. The number of amides is 1. The summed E-state index contributed by atoms with van der Waals surface area (Å²) in [5.74, 6) is 1.30. The molecule has 1 saturated heterocycles. The highest BCUT2D eigenvalue weighted by Gasteiger charge is 2.32. The van der Waals surface area contributed by atoms with E-state index in [4.69, 9.17) is 14.7 Å². The van der Waals surface area contributed by atoms with E-state index in [0.29, 0.717) is 43.5 Å². The fourth-order valence-corrected chi connectivity index (χ4v) is 4.66. The van der Waals surface area contributed by atoms with Crippen molar-refractivity contribution in [3.05, 3.63) is 90.2 Å². The summed E-state index contributed by atoms with van der Waals surface area (Å²) in [6.07, 6.45) is 8.46. The van der Waals surface area contributed by atoms with Gasteiger partial charge in [0.15, 0.2) is 0 Å². The monoisotopic (exact) mass is 452 g/mol. The number of carbonyl (C=O) groups excluding carboxylic acids is 1. The van der Waals surface area contributed by atoms with Gasteiger partial charge in [-0.3, -0.25) is 9.69 Å². The average molecular weight is 453 g/mol. The van der Waals surface area contributed by atoms with Crippen molar-refractivity contribution in [3.8, 4) is 0 Å². The Kier molecular flexibility index (Phi) is 6.23. The molecule has 34 heavy (non-hydrogen) atoms. The molecule has 2 aromatic carbocycles. The van der Waals surface area contributed by atoms with E-state index in [2.05, 4.69) is 11.5 Å². The second-order valence-electron chi connectivity index (χ2n) is 8.37. The highest BCUT2D eigenvalue weighted by Crippen LogP contribution is 2.35. The van der Waals surface area contributed by atoms with Gasteiger partial charge in [0.25, 0.3) is 5.91 Å². The van der Waals surface area contributed by atoms with Crippen LogP contribution in [0.3, 0.4) is 0 Å². The predicted molar refractivity (Wildman–Crippen MR) is 137 cm³/mol. The van der Waals surface area contributed by atoms with E-state index < -0.39 is 0 Å². The van der Waals surface area contributed by atoms with Crippen molar-refractivity contribution in [3.63, 3.8) is 0 Å². The molecule has 0 N–H and O–H groups in total. The number of ether oxygens (including phenoxy) is 1. The largest absolute Gasteiger partial charge is 0.378 e. The Bertz CT molecular complexity index is 1300. The first-order chi connectivity index (χ1) is 16.7. The molecule has 0 unspecified atom stereocenters. The molecule has 0 atom stereocenters. The van der Waals surface area contributed by atoms with Gasteiger partial charge in [0.1, 0.15) is 5.82 Å². The first kappa shape index (κ1) is 22.0. The number of hydrogen-bond donors (Lipinski definition) is 0. The number of anilines is 2. The third-order valence-electron chi connectivity index (χ3n) is 6.29. The van der Waals surface area contributed by atoms with Crippen LogP contribution >= 0.6 is 0 Å². The van der Waals surface area contributed by atoms with Crippen LogP contribution in [0.2, 0.25) is 0 Å². The number of benzene rings is 2. The maximum absolute atomic E-state index is 13.8. The van der Waals surface area contributed by atoms with E-state index in [1.165, 1.54) is 0 Å². The molecule has 0 spiro atoms. The highest BCUT2D eigenvalue weighted by molar-refractivity contribution is 6.14. The van der Waals surface area contributed by atoms with Crippen LogP contribution in [0, 0.1) is 0 Å². The van der Waals surface area contributed by atoms with Gasteiger partial charge in [0.2, 0.25) is 5.95 Å². The summed E-state index contributed by atoms with van der Waals surface area (Å²) in [5, 5.41) is 2.00. The Morgan fingerprint density at radius 1 is 1.06 bits per heavy atom. The molecule has 1 fully saturated rings. The number of morpholine rings is 1. The van der Waals surface area contributed by atoms with Crippen LogP contribution in [-0.4, -0.2) is 48.7 Å². The third-order valence-corrected chi connectivity index (χ3v) is 6.29. The first-order valence-electron chi connectivity index (χ1n) is 11.7. The van der Waals surface area contributed by atoms with Crippen molar-refractivity contribution < 1.29 is 9.53 Å². The third kappa shape index (κ3) is 4.01. The molecule has 6 heteroatoms. The molecule has 0 radical (unpaired) electrons. The molecule has 0 bridgehead atoms. The minimum atomic E-state index is -0.0339. The number of rotatable bonds is 5. The number of carbonyl (C=O) groups is 1.